The van der Waals surface area contributed by atoms with Crippen molar-refractivity contribution >= 4 is 39.4 Å². The molecule has 1 aliphatic rings. The van der Waals surface area contributed by atoms with E-state index in [1.54, 1.807) is 31.2 Å². The van der Waals surface area contributed by atoms with Gasteiger partial charge in [-0.15, -0.1) is 0 Å². The van der Waals surface area contributed by atoms with Crippen molar-refractivity contribution in [3.8, 4) is 5.75 Å². The summed E-state index contributed by atoms with van der Waals surface area (Å²) in [6.45, 7) is 1.57. The predicted octanol–water partition coefficient (Wildman–Crippen LogP) is -0.499. The Morgan fingerprint density at radius 2 is 1.91 bits per heavy atom. The molecule has 0 radical (unpaired) electrons. The molecule has 0 aliphatic carbocycles. The molecule has 0 aromatic heterocycles. The number of hydrogen-bond acceptors (Lipinski definition) is 4. The summed E-state index contributed by atoms with van der Waals surface area (Å²) < 4.78 is 36.7. The monoisotopic (exact) mass is 390 g/mol. The molecule has 11 heteroatoms. The summed E-state index contributed by atoms with van der Waals surface area (Å²) in [6, 6.07) is 5.71. The number of nitrogens with zero attached hydrogens (tertiary/aromatic N) is 1. The van der Waals surface area contributed by atoms with Crippen molar-refractivity contribution in [2.24, 2.45) is 0 Å². The first kappa shape index (κ1) is 20.6. The Morgan fingerprint density at radius 1 is 1.35 bits per heavy atom. The van der Waals surface area contributed by atoms with E-state index in [4.69, 9.17) is 32.5 Å². The molecule has 122 valence electrons. The Kier molecular flexibility index (Phi) is 7.21. The molecule has 0 saturated carbocycles. The van der Waals surface area contributed by atoms with E-state index >= 15 is 0 Å². The summed E-state index contributed by atoms with van der Waals surface area (Å²) in [7, 11) is -4.54. The van der Waals surface area contributed by atoms with Gasteiger partial charge in [0.25, 0.3) is 10.1 Å². The van der Waals surface area contributed by atoms with Crippen molar-refractivity contribution in [2.45, 2.75) is 18.5 Å². The quantitative estimate of drug-likeness (QED) is 0.533. The first-order valence-electron chi connectivity index (χ1n) is 6.03. The van der Waals surface area contributed by atoms with E-state index in [1.807, 2.05) is 0 Å². The zero-order valence-corrected chi connectivity index (χ0v) is 16.6. The Morgan fingerprint density at radius 3 is 2.43 bits per heavy atom. The number of halogens is 2. The van der Waals surface area contributed by atoms with E-state index in [0.717, 1.165) is 11.1 Å². The minimum atomic E-state index is -4.54. The summed E-state index contributed by atoms with van der Waals surface area (Å²) in [6.07, 6.45) is 0.330. The van der Waals surface area contributed by atoms with E-state index in [0.29, 0.717) is 10.8 Å². The normalized spacial score (nSPS) is 19.3. The van der Waals surface area contributed by atoms with Crippen LogP contribution >= 0.6 is 23.2 Å². The molecule has 2 unspecified atom stereocenters. The molecule has 1 aliphatic heterocycles. The second kappa shape index (κ2) is 8.06. The molecule has 2 rings (SSSR count). The smallest absolute Gasteiger partial charge is 1.00 e. The van der Waals surface area contributed by atoms with E-state index in [-0.39, 0.29) is 36.0 Å². The van der Waals surface area contributed by atoms with Crippen LogP contribution < -0.4 is 39.6 Å². The van der Waals surface area contributed by atoms with Gasteiger partial charge in [-0.2, -0.15) is 8.42 Å². The molecular weight excluding hydrogens is 378 g/mol. The summed E-state index contributed by atoms with van der Waals surface area (Å²) in [5.74, 6) is 0.464. The summed E-state index contributed by atoms with van der Waals surface area (Å²) in [5, 5.41) is 0.681. The van der Waals surface area contributed by atoms with Gasteiger partial charge in [-0.3, -0.25) is 9.45 Å². The molecule has 0 saturated heterocycles. The van der Waals surface area contributed by atoms with Crippen molar-refractivity contribution in [3.05, 3.63) is 40.5 Å². The molecule has 23 heavy (non-hydrogen) atoms. The molecule has 2 N–H and O–H groups in total. The number of carbonyl (C=O) groups is 1. The molecule has 1 aromatic rings. The van der Waals surface area contributed by atoms with E-state index < -0.39 is 27.8 Å². The van der Waals surface area contributed by atoms with Crippen LogP contribution in [-0.2, 0) is 10.1 Å². The number of nitrogens with one attached hydrogen (secondary N) is 1. The van der Waals surface area contributed by atoms with Gasteiger partial charge < -0.3 is 11.5 Å². The number of carbonyl (C=O) groups excluding carboxylic acids is 1. The van der Waals surface area contributed by atoms with Crippen molar-refractivity contribution in [1.29, 1.82) is 0 Å². The minimum Gasteiger partial charge on any atom is -1.00 e. The van der Waals surface area contributed by atoms with E-state index in [2.05, 4.69) is 5.32 Å². The second-order valence-corrected chi connectivity index (χ2v) is 6.81. The molecule has 0 bridgehead atoms. The van der Waals surface area contributed by atoms with Gasteiger partial charge in [-0.05, 0) is 31.2 Å². The van der Waals surface area contributed by atoms with E-state index in [9.17, 15) is 13.2 Å². The van der Waals surface area contributed by atoms with Crippen LogP contribution in [0.5, 0.6) is 5.75 Å². The minimum absolute atomic E-state index is 0. The number of benzene rings is 1. The van der Waals surface area contributed by atoms with Gasteiger partial charge in [0, 0.05) is 11.2 Å². The summed E-state index contributed by atoms with van der Waals surface area (Å²) in [4.78, 5) is 13.0. The summed E-state index contributed by atoms with van der Waals surface area (Å²) in [5.41, 5.74) is 0. The van der Waals surface area contributed by atoms with Crippen LogP contribution in [0.25, 0.3) is 0 Å². The molecule has 1 aromatic carbocycles. The fourth-order valence-corrected chi connectivity index (χ4v) is 2.99. The zero-order valence-electron chi connectivity index (χ0n) is 13.2. The Bertz CT molecular complexity index is 717. The van der Waals surface area contributed by atoms with Gasteiger partial charge in [-0.1, -0.05) is 23.2 Å². The topological polar surface area (TPSA) is 95.9 Å². The van der Waals surface area contributed by atoms with Gasteiger partial charge in [0.15, 0.2) is 11.6 Å². The van der Waals surface area contributed by atoms with Crippen molar-refractivity contribution in [2.75, 3.05) is 0 Å². The Hall–Kier alpha value is -0.480. The van der Waals surface area contributed by atoms with E-state index in [1.165, 1.54) is 0 Å². The number of ether oxygens (including phenoxy) is 1. The number of hydrogen-bond donors (Lipinski definition) is 2. The maximum atomic E-state index is 11.9. The average molecular weight is 391 g/mol. The molecule has 7 nitrogen and oxygen atoms in total. The van der Waals surface area contributed by atoms with Crippen LogP contribution in [0.15, 0.2) is 35.5 Å². The SMILES string of the molecule is CC(Oc1ccc(Cl)cc1)N1C=C(Cl)C(S(=O)(=O)O)NC1=O.[H-].[Na+]. The van der Waals surface area contributed by atoms with Crippen LogP contribution in [-0.4, -0.2) is 35.5 Å². The summed E-state index contributed by atoms with van der Waals surface area (Å²) >= 11 is 11.5. The maximum Gasteiger partial charge on any atom is 1.00 e. The molecular formula is C12H13Cl2N2NaO5S. The third-order valence-corrected chi connectivity index (χ3v) is 4.48. The first-order chi connectivity index (χ1) is 10.2. The van der Waals surface area contributed by atoms with Crippen LogP contribution in [0, 0.1) is 0 Å². The zero-order chi connectivity index (χ0) is 16.5. The average Bonchev–Trinajstić information content (AvgIpc) is 2.42. The van der Waals surface area contributed by atoms with Gasteiger partial charge in [0.05, 0.1) is 5.03 Å². The predicted molar refractivity (Wildman–Crippen MR) is 82.3 cm³/mol. The van der Waals surface area contributed by atoms with Gasteiger partial charge in [-0.25, -0.2) is 4.79 Å². The third-order valence-electron chi connectivity index (χ3n) is 2.81. The molecule has 1 heterocycles. The Labute approximate surface area is 167 Å². The standard InChI is InChI=1S/C12H12Cl2N2O5S.Na.H/c1-7(21-9-4-2-8(13)3-5-9)16-6-10(14)11(15-12(16)17)22(18,19)20;;/h2-7,11H,1H3,(H,15,17)(H,18,19,20);;/q;+1;-1. The van der Waals surface area contributed by atoms with Crippen LogP contribution in [0.4, 0.5) is 4.79 Å². The molecule has 2 atom stereocenters. The van der Waals surface area contributed by atoms with Crippen molar-refractivity contribution in [1.82, 2.24) is 10.2 Å². The second-order valence-electron chi connectivity index (χ2n) is 4.44. The third kappa shape index (κ3) is 5.25. The van der Waals surface area contributed by atoms with Crippen molar-refractivity contribution < 1.29 is 53.5 Å². The number of urea groups is 1. The molecule has 2 amide bonds. The first-order valence-corrected chi connectivity index (χ1v) is 8.29. The van der Waals surface area contributed by atoms with Crippen LogP contribution in [0.3, 0.4) is 0 Å². The fraction of sp³-hybridized carbons (Fsp3) is 0.250. The van der Waals surface area contributed by atoms with Gasteiger partial charge in [0.2, 0.25) is 0 Å². The van der Waals surface area contributed by atoms with Crippen molar-refractivity contribution in [3.63, 3.8) is 0 Å². The number of rotatable bonds is 4. The van der Waals surface area contributed by atoms with Gasteiger partial charge in [0.1, 0.15) is 5.75 Å². The number of amides is 2. The van der Waals surface area contributed by atoms with Crippen LogP contribution in [0.2, 0.25) is 5.02 Å². The molecule has 0 fully saturated rings. The Balaban J connectivity index is 0.00000264. The fourth-order valence-electron chi connectivity index (χ4n) is 1.77. The largest absolute Gasteiger partial charge is 1.00 e. The maximum absolute atomic E-state index is 11.9. The van der Waals surface area contributed by atoms with Crippen LogP contribution in [0.1, 0.15) is 8.35 Å². The van der Waals surface area contributed by atoms with Gasteiger partial charge >= 0.3 is 35.6 Å². The molecule has 0 spiro atoms.